The first kappa shape index (κ1) is 26.9. The first-order valence-electron chi connectivity index (χ1n) is 13.3. The summed E-state index contributed by atoms with van der Waals surface area (Å²) in [6.07, 6.45) is 6.19. The van der Waals surface area contributed by atoms with Crippen molar-refractivity contribution in [1.29, 1.82) is 0 Å². The summed E-state index contributed by atoms with van der Waals surface area (Å²) >= 11 is 0. The van der Waals surface area contributed by atoms with E-state index >= 15 is 0 Å². The zero-order valence-corrected chi connectivity index (χ0v) is 22.6. The van der Waals surface area contributed by atoms with Crippen LogP contribution in [0.25, 0.3) is 0 Å². The monoisotopic (exact) mass is 520 g/mol. The van der Waals surface area contributed by atoms with Gasteiger partial charge in [-0.25, -0.2) is 8.42 Å². The summed E-state index contributed by atoms with van der Waals surface area (Å²) in [7, 11) is -3.69. The lowest BCUT2D eigenvalue weighted by molar-refractivity contribution is -0.125. The van der Waals surface area contributed by atoms with Gasteiger partial charge in [0.25, 0.3) is 5.91 Å². The number of hydrogen-bond donors (Lipinski definition) is 1. The fourth-order valence-corrected chi connectivity index (χ4v) is 6.98. The van der Waals surface area contributed by atoms with Crippen LogP contribution in [0.15, 0.2) is 23.1 Å². The van der Waals surface area contributed by atoms with Gasteiger partial charge in [-0.2, -0.15) is 4.31 Å². The van der Waals surface area contributed by atoms with Crippen molar-refractivity contribution < 1.29 is 22.7 Å². The average Bonchev–Trinajstić information content (AvgIpc) is 2.85. The second kappa shape index (κ2) is 11.5. The van der Waals surface area contributed by atoms with E-state index in [-0.39, 0.29) is 29.9 Å². The Hall–Kier alpha value is -2.17. The summed E-state index contributed by atoms with van der Waals surface area (Å²) in [5, 5.41) is 2.92. The second-order valence-corrected chi connectivity index (χ2v) is 12.5. The molecule has 4 rings (SSSR count). The highest BCUT2D eigenvalue weighted by Crippen LogP contribution is 2.35. The molecule has 0 saturated carbocycles. The molecule has 1 aromatic carbocycles. The quantitative estimate of drug-likeness (QED) is 0.529. The largest absolute Gasteiger partial charge is 0.482 e. The predicted molar refractivity (Wildman–Crippen MR) is 139 cm³/mol. The molecule has 9 nitrogen and oxygen atoms in total. The van der Waals surface area contributed by atoms with Crippen LogP contribution in [0.4, 0.5) is 5.69 Å². The third-order valence-corrected chi connectivity index (χ3v) is 9.74. The van der Waals surface area contributed by atoms with Crippen LogP contribution in [0, 0.1) is 5.92 Å². The molecule has 3 aliphatic rings. The minimum atomic E-state index is -3.69. The Kier molecular flexibility index (Phi) is 8.57. The maximum absolute atomic E-state index is 13.2. The van der Waals surface area contributed by atoms with Crippen LogP contribution in [0.1, 0.15) is 59.3 Å². The predicted octanol–water partition coefficient (Wildman–Crippen LogP) is 2.60. The molecule has 0 aromatic heterocycles. The second-order valence-electron chi connectivity index (χ2n) is 10.6. The van der Waals surface area contributed by atoms with Crippen molar-refractivity contribution in [3.05, 3.63) is 18.2 Å². The lowest BCUT2D eigenvalue weighted by atomic mass is 9.97. The van der Waals surface area contributed by atoms with Gasteiger partial charge in [0, 0.05) is 38.3 Å². The van der Waals surface area contributed by atoms with Crippen molar-refractivity contribution in [3.8, 4) is 5.75 Å². The minimum absolute atomic E-state index is 0.115. The minimum Gasteiger partial charge on any atom is -0.482 e. The summed E-state index contributed by atoms with van der Waals surface area (Å²) in [5.74, 6) is 0.275. The van der Waals surface area contributed by atoms with Crippen molar-refractivity contribution in [2.45, 2.75) is 76.3 Å². The highest BCUT2D eigenvalue weighted by molar-refractivity contribution is 7.89. The van der Waals surface area contributed by atoms with Crippen LogP contribution >= 0.6 is 0 Å². The average molecular weight is 521 g/mol. The Balaban J connectivity index is 1.38. The summed E-state index contributed by atoms with van der Waals surface area (Å²) < 4.78 is 33.5. The molecule has 10 heteroatoms. The number of hydrogen-bond acceptors (Lipinski definition) is 6. The first-order valence-corrected chi connectivity index (χ1v) is 14.7. The molecule has 1 N–H and O–H groups in total. The van der Waals surface area contributed by atoms with E-state index in [9.17, 15) is 18.0 Å². The number of anilines is 1. The van der Waals surface area contributed by atoms with Crippen LogP contribution in [0.2, 0.25) is 0 Å². The van der Waals surface area contributed by atoms with Crippen molar-refractivity contribution >= 4 is 27.5 Å². The van der Waals surface area contributed by atoms with E-state index < -0.39 is 10.0 Å². The third kappa shape index (κ3) is 6.03. The van der Waals surface area contributed by atoms with E-state index in [1.54, 1.807) is 6.07 Å². The molecule has 2 saturated heterocycles. The topological polar surface area (TPSA) is 99.3 Å². The van der Waals surface area contributed by atoms with Gasteiger partial charge in [-0.05, 0) is 70.1 Å². The molecule has 0 radical (unpaired) electrons. The summed E-state index contributed by atoms with van der Waals surface area (Å²) in [6.45, 7) is 8.72. The number of likely N-dealkylation sites (tertiary alicyclic amines) is 1. The van der Waals surface area contributed by atoms with Gasteiger partial charge in [0.2, 0.25) is 15.9 Å². The summed E-state index contributed by atoms with van der Waals surface area (Å²) in [5.41, 5.74) is 0.323. The number of amides is 2. The molecule has 0 bridgehead atoms. The molecule has 0 aliphatic carbocycles. The molecule has 1 aromatic rings. The van der Waals surface area contributed by atoms with E-state index in [1.807, 2.05) is 0 Å². The Morgan fingerprint density at radius 2 is 1.78 bits per heavy atom. The SMILES string of the molecule is CC1CCN(S(=O)(=O)c2ccc3c(c2)N(CC(=O)NCCCN2[C@H](C)CCC[C@@H]2C)C(=O)CO3)CC1. The van der Waals surface area contributed by atoms with Gasteiger partial charge in [0.05, 0.1) is 10.6 Å². The Bertz CT molecular complexity index is 1040. The molecule has 2 atom stereocenters. The molecule has 2 amide bonds. The van der Waals surface area contributed by atoms with Crippen LogP contribution < -0.4 is 15.0 Å². The number of nitrogens with one attached hydrogen (secondary N) is 1. The number of fused-ring (bicyclic) bond motifs is 1. The standard InChI is InChI=1S/C26H40N4O5S/c1-19-10-14-28(15-11-19)36(33,34)22-8-9-24-23(16-22)30(26(32)18-35-24)17-25(31)27-12-5-13-29-20(2)6-4-7-21(29)3/h8-9,16,19-21H,4-7,10-15,17-18H2,1-3H3,(H,27,31)/t20-,21+. The number of carbonyl (C=O) groups is 2. The molecule has 36 heavy (non-hydrogen) atoms. The van der Waals surface area contributed by atoms with Crippen molar-refractivity contribution in [2.75, 3.05) is 44.2 Å². The normalized spacial score (nSPS) is 24.3. The maximum atomic E-state index is 13.2. The molecule has 200 valence electrons. The number of nitrogens with zero attached hydrogens (tertiary/aromatic N) is 3. The van der Waals surface area contributed by atoms with Crippen LogP contribution in [0.5, 0.6) is 5.75 Å². The van der Waals surface area contributed by atoms with E-state index in [2.05, 4.69) is 31.0 Å². The van der Waals surface area contributed by atoms with Gasteiger partial charge in [-0.1, -0.05) is 13.3 Å². The van der Waals surface area contributed by atoms with Crippen molar-refractivity contribution in [3.63, 3.8) is 0 Å². The molecule has 0 unspecified atom stereocenters. The molecule has 3 aliphatic heterocycles. The van der Waals surface area contributed by atoms with E-state index in [4.69, 9.17) is 4.74 Å². The van der Waals surface area contributed by atoms with Crippen LogP contribution in [-0.4, -0.2) is 80.9 Å². The molecule has 0 spiro atoms. The molecule has 3 heterocycles. The first-order chi connectivity index (χ1) is 17.2. The molecule has 2 fully saturated rings. The highest BCUT2D eigenvalue weighted by atomic mass is 32.2. The van der Waals surface area contributed by atoms with Gasteiger partial charge in [-0.15, -0.1) is 0 Å². The smallest absolute Gasteiger partial charge is 0.265 e. The maximum Gasteiger partial charge on any atom is 0.265 e. The Morgan fingerprint density at radius 3 is 2.47 bits per heavy atom. The number of carbonyl (C=O) groups excluding carboxylic acids is 2. The van der Waals surface area contributed by atoms with Gasteiger partial charge in [0.15, 0.2) is 6.61 Å². The van der Waals surface area contributed by atoms with Gasteiger partial charge >= 0.3 is 0 Å². The van der Waals surface area contributed by atoms with Gasteiger partial charge in [-0.3, -0.25) is 19.4 Å². The Morgan fingerprint density at radius 1 is 1.08 bits per heavy atom. The summed E-state index contributed by atoms with van der Waals surface area (Å²) in [6, 6.07) is 5.68. The van der Waals surface area contributed by atoms with Gasteiger partial charge < -0.3 is 10.1 Å². The Labute approximate surface area is 215 Å². The summed E-state index contributed by atoms with van der Waals surface area (Å²) in [4.78, 5) is 29.3. The number of rotatable bonds is 8. The van der Waals surface area contributed by atoms with E-state index in [0.717, 1.165) is 25.8 Å². The van der Waals surface area contributed by atoms with E-state index in [1.165, 1.54) is 40.6 Å². The number of ether oxygens (including phenoxy) is 1. The lowest BCUT2D eigenvalue weighted by Gasteiger charge is -2.39. The van der Waals surface area contributed by atoms with Gasteiger partial charge in [0.1, 0.15) is 12.3 Å². The highest BCUT2D eigenvalue weighted by Gasteiger charge is 2.32. The zero-order valence-electron chi connectivity index (χ0n) is 21.7. The number of benzene rings is 1. The van der Waals surface area contributed by atoms with E-state index in [0.29, 0.717) is 49.1 Å². The van der Waals surface area contributed by atoms with Crippen LogP contribution in [0.3, 0.4) is 0 Å². The third-order valence-electron chi connectivity index (χ3n) is 7.85. The lowest BCUT2D eigenvalue weighted by Crippen LogP contribution is -2.46. The fraction of sp³-hybridized carbons (Fsp3) is 0.692. The molecular formula is C26H40N4O5S. The van der Waals surface area contributed by atoms with Crippen LogP contribution in [-0.2, 0) is 19.6 Å². The van der Waals surface area contributed by atoms with Crippen molar-refractivity contribution in [1.82, 2.24) is 14.5 Å². The molecular weight excluding hydrogens is 480 g/mol. The number of sulfonamides is 1. The fourth-order valence-electron chi connectivity index (χ4n) is 5.49. The number of piperidine rings is 2. The zero-order chi connectivity index (χ0) is 25.9. The van der Waals surface area contributed by atoms with Crippen molar-refractivity contribution in [2.24, 2.45) is 5.92 Å².